The summed E-state index contributed by atoms with van der Waals surface area (Å²) in [6.07, 6.45) is 12.4. The molecule has 4 aliphatic carbocycles. The van der Waals surface area contributed by atoms with Crippen LogP contribution in [0.5, 0.6) is 5.75 Å². The van der Waals surface area contributed by atoms with Crippen LogP contribution in [-0.4, -0.2) is 12.5 Å². The van der Waals surface area contributed by atoms with Crippen LogP contribution in [0.25, 0.3) is 11.8 Å². The number of hydrogen-bond donors (Lipinski definition) is 0. The van der Waals surface area contributed by atoms with Crippen LogP contribution in [0, 0.1) is 17.8 Å². The summed E-state index contributed by atoms with van der Waals surface area (Å²) < 4.78 is 5.58. The van der Waals surface area contributed by atoms with Crippen LogP contribution in [0.2, 0.25) is 0 Å². The lowest BCUT2D eigenvalue weighted by Gasteiger charge is -2.57. The van der Waals surface area contributed by atoms with Crippen LogP contribution in [0.1, 0.15) is 62.1 Å². The van der Waals surface area contributed by atoms with Crippen LogP contribution in [-0.2, 0) is 10.2 Å². The fourth-order valence-electron chi connectivity index (χ4n) is 8.13. The number of hydrogen-bond acceptors (Lipinski definition) is 2. The molecule has 0 atom stereocenters. The Morgan fingerprint density at radius 2 is 1.47 bits per heavy atom. The number of rotatable bonds is 6. The van der Waals surface area contributed by atoms with Gasteiger partial charge in [0.25, 0.3) is 5.91 Å². The molecule has 8 rings (SSSR count). The van der Waals surface area contributed by atoms with E-state index in [4.69, 9.17) is 4.74 Å². The Bertz CT molecular complexity index is 1360. The third-order valence-corrected chi connectivity index (χ3v) is 9.34. The van der Waals surface area contributed by atoms with Gasteiger partial charge in [-0.1, -0.05) is 54.6 Å². The molecule has 38 heavy (non-hydrogen) atoms. The average molecular weight is 502 g/mol. The topological polar surface area (TPSA) is 29.5 Å². The first-order valence-corrected chi connectivity index (χ1v) is 14.3. The van der Waals surface area contributed by atoms with Crippen molar-refractivity contribution in [1.82, 2.24) is 0 Å². The van der Waals surface area contributed by atoms with Crippen molar-refractivity contribution in [2.45, 2.75) is 50.9 Å². The summed E-state index contributed by atoms with van der Waals surface area (Å²) in [5.74, 6) is 3.62. The highest BCUT2D eigenvalue weighted by atomic mass is 16.5. The van der Waals surface area contributed by atoms with E-state index in [0.29, 0.717) is 17.6 Å². The maximum absolute atomic E-state index is 13.9. The van der Waals surface area contributed by atoms with Crippen molar-refractivity contribution >= 4 is 23.4 Å². The van der Waals surface area contributed by atoms with Gasteiger partial charge in [0, 0.05) is 11.3 Å². The van der Waals surface area contributed by atoms with E-state index in [0.717, 1.165) is 46.0 Å². The van der Waals surface area contributed by atoms with Crippen molar-refractivity contribution in [3.8, 4) is 5.75 Å². The highest BCUT2D eigenvalue weighted by molar-refractivity contribution is 6.23. The first-order chi connectivity index (χ1) is 18.6. The largest absolute Gasteiger partial charge is 0.494 e. The second-order valence-electron chi connectivity index (χ2n) is 11.9. The zero-order chi connectivity index (χ0) is 25.7. The minimum absolute atomic E-state index is 0.0142. The van der Waals surface area contributed by atoms with Gasteiger partial charge in [-0.15, -0.1) is 0 Å². The van der Waals surface area contributed by atoms with E-state index < -0.39 is 0 Å². The number of benzene rings is 3. The molecule has 4 saturated carbocycles. The zero-order valence-corrected chi connectivity index (χ0v) is 22.1. The lowest BCUT2D eigenvalue weighted by molar-refractivity contribution is -0.113. The molecule has 5 aliphatic rings. The summed E-state index contributed by atoms with van der Waals surface area (Å²) >= 11 is 0. The third-order valence-electron chi connectivity index (χ3n) is 9.34. The van der Waals surface area contributed by atoms with E-state index in [-0.39, 0.29) is 5.91 Å². The third kappa shape index (κ3) is 4.09. The second kappa shape index (κ2) is 9.31. The fraction of sp³-hybridized carbons (Fsp3) is 0.343. The fourth-order valence-corrected chi connectivity index (χ4v) is 8.13. The van der Waals surface area contributed by atoms with Gasteiger partial charge >= 0.3 is 0 Å². The molecule has 4 fully saturated rings. The van der Waals surface area contributed by atoms with Crippen molar-refractivity contribution in [2.24, 2.45) is 17.8 Å². The maximum atomic E-state index is 13.9. The normalized spacial score (nSPS) is 28.7. The molecule has 0 unspecified atom stereocenters. The molecule has 1 aliphatic heterocycles. The maximum Gasteiger partial charge on any atom is 0.262 e. The van der Waals surface area contributed by atoms with Gasteiger partial charge < -0.3 is 4.74 Å². The Kier molecular flexibility index (Phi) is 5.76. The van der Waals surface area contributed by atoms with Crippen LogP contribution in [0.4, 0.5) is 5.69 Å². The number of anilines is 1. The molecule has 0 aromatic heterocycles. The molecule has 0 N–H and O–H groups in total. The number of amides is 1. The molecule has 3 nitrogen and oxygen atoms in total. The summed E-state index contributed by atoms with van der Waals surface area (Å²) in [6, 6.07) is 27.2. The van der Waals surface area contributed by atoms with Gasteiger partial charge in [0.05, 0.1) is 12.3 Å². The summed E-state index contributed by atoms with van der Waals surface area (Å²) in [6.45, 7) is 2.62. The Balaban J connectivity index is 1.21. The van der Waals surface area contributed by atoms with Crippen LogP contribution >= 0.6 is 0 Å². The predicted molar refractivity (Wildman–Crippen MR) is 154 cm³/mol. The predicted octanol–water partition coefficient (Wildman–Crippen LogP) is 8.02. The smallest absolute Gasteiger partial charge is 0.262 e. The SMILES string of the molecule is CCOc1ccc(/C=C2\C=C(c3ccccc3)N(c3ccc(C45CC6CC(CC(C6)C4)C5)cc3)C2=O)cc1. The molecule has 3 aromatic rings. The quantitative estimate of drug-likeness (QED) is 0.320. The molecule has 0 spiro atoms. The van der Waals surface area contributed by atoms with E-state index in [2.05, 4.69) is 36.4 Å². The standard InChI is InChI=1S/C35H35NO2/c1-2-38-32-14-8-24(9-15-32)19-29-20-33(28-6-4-3-5-7-28)36(34(29)37)31-12-10-30(11-13-31)35-21-25-16-26(22-35)18-27(17-25)23-35/h3-15,19-20,25-27H,2,16-18,21-23H2,1H3/b29-19+. The van der Waals surface area contributed by atoms with E-state index in [1.54, 1.807) is 0 Å². The molecular formula is C35H35NO2. The Morgan fingerprint density at radius 1 is 0.842 bits per heavy atom. The molecule has 4 bridgehead atoms. The van der Waals surface area contributed by atoms with Gasteiger partial charge in [0.2, 0.25) is 0 Å². The van der Waals surface area contributed by atoms with E-state index in [9.17, 15) is 4.79 Å². The van der Waals surface area contributed by atoms with Gasteiger partial charge in [0.15, 0.2) is 0 Å². The van der Waals surface area contributed by atoms with Gasteiger partial charge in [-0.3, -0.25) is 9.69 Å². The molecule has 0 saturated heterocycles. The first kappa shape index (κ1) is 23.5. The monoisotopic (exact) mass is 501 g/mol. The van der Waals surface area contributed by atoms with Crippen LogP contribution < -0.4 is 9.64 Å². The van der Waals surface area contributed by atoms with Gasteiger partial charge in [0.1, 0.15) is 5.75 Å². The second-order valence-corrected chi connectivity index (χ2v) is 11.9. The minimum atomic E-state index is 0.0142. The number of carbonyl (C=O) groups excluding carboxylic acids is 1. The number of ether oxygens (including phenoxy) is 1. The highest BCUT2D eigenvalue weighted by Crippen LogP contribution is 2.60. The van der Waals surface area contributed by atoms with Gasteiger partial charge in [-0.2, -0.15) is 0 Å². The number of carbonyl (C=O) groups is 1. The van der Waals surface area contributed by atoms with E-state index in [1.807, 2.05) is 66.4 Å². The highest BCUT2D eigenvalue weighted by Gasteiger charge is 2.51. The molecule has 0 radical (unpaired) electrons. The van der Waals surface area contributed by atoms with Gasteiger partial charge in [-0.05, 0) is 122 Å². The number of nitrogens with zero attached hydrogens (tertiary/aromatic N) is 1. The average Bonchev–Trinajstić information content (AvgIpc) is 3.25. The molecular weight excluding hydrogens is 466 g/mol. The first-order valence-electron chi connectivity index (χ1n) is 14.3. The van der Waals surface area contributed by atoms with Crippen molar-refractivity contribution in [2.75, 3.05) is 11.5 Å². The lowest BCUT2D eigenvalue weighted by Crippen LogP contribution is -2.48. The Morgan fingerprint density at radius 3 is 2.08 bits per heavy atom. The van der Waals surface area contributed by atoms with Crippen LogP contribution in [0.3, 0.4) is 0 Å². The van der Waals surface area contributed by atoms with Gasteiger partial charge in [-0.25, -0.2) is 0 Å². The Hall–Kier alpha value is -3.59. The molecule has 192 valence electrons. The lowest BCUT2D eigenvalue weighted by atomic mass is 9.48. The molecule has 3 aromatic carbocycles. The summed E-state index contributed by atoms with van der Waals surface area (Å²) in [5.41, 5.74) is 6.43. The van der Waals surface area contributed by atoms with Crippen LogP contribution in [0.15, 0.2) is 90.5 Å². The molecule has 1 amide bonds. The summed E-state index contributed by atoms with van der Waals surface area (Å²) in [7, 11) is 0. The van der Waals surface area contributed by atoms with E-state index in [1.165, 1.54) is 44.1 Å². The Labute approximate surface area is 225 Å². The molecule has 3 heteroatoms. The minimum Gasteiger partial charge on any atom is -0.494 e. The zero-order valence-electron chi connectivity index (χ0n) is 22.1. The summed E-state index contributed by atoms with van der Waals surface area (Å²) in [5, 5.41) is 0. The molecule has 1 heterocycles. The summed E-state index contributed by atoms with van der Waals surface area (Å²) in [4.78, 5) is 15.7. The van der Waals surface area contributed by atoms with Crippen molar-refractivity contribution in [1.29, 1.82) is 0 Å². The van der Waals surface area contributed by atoms with Crippen molar-refractivity contribution in [3.63, 3.8) is 0 Å². The van der Waals surface area contributed by atoms with E-state index >= 15 is 0 Å². The van der Waals surface area contributed by atoms with Crippen molar-refractivity contribution in [3.05, 3.63) is 107 Å². The van der Waals surface area contributed by atoms with Crippen molar-refractivity contribution < 1.29 is 9.53 Å².